The Labute approximate surface area is 160 Å². The molecular weight excluding hydrogens is 328 g/mol. The van der Waals surface area contributed by atoms with Crippen molar-refractivity contribution in [2.75, 3.05) is 7.11 Å². The molecule has 27 heavy (non-hydrogen) atoms. The van der Waals surface area contributed by atoms with Gasteiger partial charge in [0, 0.05) is 17.8 Å². The van der Waals surface area contributed by atoms with Crippen molar-refractivity contribution >= 4 is 0 Å². The van der Waals surface area contributed by atoms with E-state index >= 15 is 0 Å². The van der Waals surface area contributed by atoms with Crippen LogP contribution in [0.3, 0.4) is 0 Å². The molecule has 0 N–H and O–H groups in total. The number of methoxy groups -OCH3 is 1. The number of ether oxygens (including phenoxy) is 1. The molecule has 3 aromatic rings. The average molecular weight is 350 g/mol. The molecule has 1 atom stereocenters. The molecule has 1 heteroatoms. The normalized spacial score (nSPS) is 16.3. The summed E-state index contributed by atoms with van der Waals surface area (Å²) in [6.07, 6.45) is 9.01. The second kappa shape index (κ2) is 6.59. The number of hydrogen-bond donors (Lipinski definition) is 0. The van der Waals surface area contributed by atoms with E-state index < -0.39 is 0 Å². The summed E-state index contributed by atoms with van der Waals surface area (Å²) in [5.41, 5.74) is 6.99. The fraction of sp³-hybridized carbons (Fsp3) is 0.154. The van der Waals surface area contributed by atoms with Gasteiger partial charge in [0.2, 0.25) is 0 Å². The summed E-state index contributed by atoms with van der Waals surface area (Å²) in [6.45, 7) is 0. The SMILES string of the molecule is COc1ccc(C(C2C=CC=C2)C2c3ccccc3-c3ccccc32)cc1. The Balaban J connectivity index is 1.70. The van der Waals surface area contributed by atoms with E-state index in [1.165, 1.54) is 27.8 Å². The van der Waals surface area contributed by atoms with Crippen LogP contribution in [0.25, 0.3) is 11.1 Å². The minimum Gasteiger partial charge on any atom is -0.497 e. The zero-order valence-electron chi connectivity index (χ0n) is 15.4. The van der Waals surface area contributed by atoms with Crippen molar-refractivity contribution in [2.45, 2.75) is 11.8 Å². The van der Waals surface area contributed by atoms with Crippen molar-refractivity contribution in [1.82, 2.24) is 0 Å². The lowest BCUT2D eigenvalue weighted by molar-refractivity contribution is 0.414. The molecular formula is C26H22O. The Morgan fingerprint density at radius 2 is 1.26 bits per heavy atom. The summed E-state index contributed by atoms with van der Waals surface area (Å²) in [5.74, 6) is 2.00. The van der Waals surface area contributed by atoms with Crippen molar-refractivity contribution in [3.63, 3.8) is 0 Å². The molecule has 0 saturated carbocycles. The van der Waals surface area contributed by atoms with Crippen LogP contribution in [0, 0.1) is 5.92 Å². The third-order valence-electron chi connectivity index (χ3n) is 5.93. The lowest BCUT2D eigenvalue weighted by atomic mass is 9.73. The highest BCUT2D eigenvalue weighted by Gasteiger charge is 2.37. The minimum atomic E-state index is 0.350. The van der Waals surface area contributed by atoms with E-state index in [1.807, 2.05) is 0 Å². The van der Waals surface area contributed by atoms with Gasteiger partial charge in [-0.1, -0.05) is 85.0 Å². The number of benzene rings is 3. The lowest BCUT2D eigenvalue weighted by Crippen LogP contribution is -2.17. The van der Waals surface area contributed by atoms with Crippen LogP contribution in [-0.4, -0.2) is 7.11 Å². The molecule has 2 aliphatic carbocycles. The molecule has 1 nitrogen and oxygen atoms in total. The first-order chi connectivity index (χ1) is 13.4. The van der Waals surface area contributed by atoms with Gasteiger partial charge in [-0.25, -0.2) is 0 Å². The second-order valence-electron chi connectivity index (χ2n) is 7.30. The highest BCUT2D eigenvalue weighted by molar-refractivity contribution is 5.79. The maximum Gasteiger partial charge on any atom is 0.118 e. The Morgan fingerprint density at radius 1 is 0.704 bits per heavy atom. The molecule has 0 radical (unpaired) electrons. The van der Waals surface area contributed by atoms with E-state index in [1.54, 1.807) is 7.11 Å². The fourth-order valence-corrected chi connectivity index (χ4v) is 4.73. The molecule has 0 spiro atoms. The number of fused-ring (bicyclic) bond motifs is 3. The quantitative estimate of drug-likeness (QED) is 0.534. The zero-order chi connectivity index (χ0) is 18.2. The first kappa shape index (κ1) is 16.1. The van der Waals surface area contributed by atoms with Crippen LogP contribution in [0.2, 0.25) is 0 Å². The van der Waals surface area contributed by atoms with E-state index in [0.717, 1.165) is 5.75 Å². The predicted molar refractivity (Wildman–Crippen MR) is 111 cm³/mol. The molecule has 0 aliphatic heterocycles. The zero-order valence-corrected chi connectivity index (χ0v) is 15.4. The number of hydrogen-bond acceptors (Lipinski definition) is 1. The summed E-state index contributed by atoms with van der Waals surface area (Å²) in [4.78, 5) is 0. The standard InChI is InChI=1S/C26H22O/c1-27-20-16-14-19(15-17-20)25(18-8-2-3-9-18)26-23-12-6-4-10-21(23)22-11-5-7-13-24(22)26/h2-18,25-26H,1H3. The largest absolute Gasteiger partial charge is 0.497 e. The van der Waals surface area contributed by atoms with Gasteiger partial charge in [-0.2, -0.15) is 0 Å². The van der Waals surface area contributed by atoms with E-state index in [2.05, 4.69) is 97.1 Å². The van der Waals surface area contributed by atoms with Gasteiger partial charge >= 0.3 is 0 Å². The molecule has 3 aromatic carbocycles. The summed E-state index contributed by atoms with van der Waals surface area (Å²) in [5, 5.41) is 0. The second-order valence-corrected chi connectivity index (χ2v) is 7.30. The third-order valence-corrected chi connectivity index (χ3v) is 5.93. The van der Waals surface area contributed by atoms with Crippen LogP contribution in [-0.2, 0) is 0 Å². The molecule has 0 heterocycles. The summed E-state index contributed by atoms with van der Waals surface area (Å²) in [6, 6.07) is 26.4. The van der Waals surface area contributed by atoms with E-state index in [-0.39, 0.29) is 0 Å². The van der Waals surface area contributed by atoms with E-state index in [0.29, 0.717) is 17.8 Å². The van der Waals surface area contributed by atoms with Crippen molar-refractivity contribution < 1.29 is 4.74 Å². The molecule has 0 bridgehead atoms. The lowest BCUT2D eigenvalue weighted by Gasteiger charge is -2.30. The first-order valence-electron chi connectivity index (χ1n) is 9.54. The molecule has 1 unspecified atom stereocenters. The van der Waals surface area contributed by atoms with Gasteiger partial charge in [-0.15, -0.1) is 0 Å². The van der Waals surface area contributed by atoms with Gasteiger partial charge in [0.05, 0.1) is 7.11 Å². The molecule has 132 valence electrons. The van der Waals surface area contributed by atoms with E-state index in [9.17, 15) is 0 Å². The molecule has 0 saturated heterocycles. The van der Waals surface area contributed by atoms with E-state index in [4.69, 9.17) is 4.74 Å². The summed E-state index contributed by atoms with van der Waals surface area (Å²) < 4.78 is 5.38. The van der Waals surface area contributed by atoms with Crippen molar-refractivity contribution in [3.8, 4) is 16.9 Å². The molecule has 5 rings (SSSR count). The highest BCUT2D eigenvalue weighted by Crippen LogP contribution is 2.53. The monoisotopic (exact) mass is 350 g/mol. The minimum absolute atomic E-state index is 0.350. The Morgan fingerprint density at radius 3 is 1.81 bits per heavy atom. The third kappa shape index (κ3) is 2.62. The summed E-state index contributed by atoms with van der Waals surface area (Å²) >= 11 is 0. The van der Waals surface area contributed by atoms with Gasteiger partial charge in [-0.3, -0.25) is 0 Å². The average Bonchev–Trinajstić information content (AvgIpc) is 3.37. The molecule has 0 fully saturated rings. The van der Waals surface area contributed by atoms with Gasteiger partial charge < -0.3 is 4.74 Å². The maximum atomic E-state index is 5.38. The fourth-order valence-electron chi connectivity index (χ4n) is 4.73. The van der Waals surface area contributed by atoms with Gasteiger partial charge in [0.25, 0.3) is 0 Å². The summed E-state index contributed by atoms with van der Waals surface area (Å²) in [7, 11) is 1.72. The van der Waals surface area contributed by atoms with Crippen LogP contribution in [0.5, 0.6) is 5.75 Å². The van der Waals surface area contributed by atoms with Crippen molar-refractivity contribution in [3.05, 3.63) is 114 Å². The van der Waals surface area contributed by atoms with Crippen LogP contribution in [0.1, 0.15) is 28.5 Å². The Bertz CT molecular complexity index is 969. The Hall–Kier alpha value is -3.06. The topological polar surface area (TPSA) is 9.23 Å². The van der Waals surface area contributed by atoms with Crippen molar-refractivity contribution in [1.29, 1.82) is 0 Å². The van der Waals surface area contributed by atoms with Gasteiger partial charge in [-0.05, 0) is 39.9 Å². The number of rotatable bonds is 4. The maximum absolute atomic E-state index is 5.38. The van der Waals surface area contributed by atoms with Crippen molar-refractivity contribution in [2.24, 2.45) is 5.92 Å². The highest BCUT2D eigenvalue weighted by atomic mass is 16.5. The van der Waals surface area contributed by atoms with Crippen LogP contribution in [0.4, 0.5) is 0 Å². The molecule has 2 aliphatic rings. The smallest absolute Gasteiger partial charge is 0.118 e. The number of allylic oxidation sites excluding steroid dienone is 4. The van der Waals surface area contributed by atoms with Gasteiger partial charge in [0.1, 0.15) is 5.75 Å². The van der Waals surface area contributed by atoms with Gasteiger partial charge in [0.15, 0.2) is 0 Å². The van der Waals surface area contributed by atoms with Crippen LogP contribution >= 0.6 is 0 Å². The first-order valence-corrected chi connectivity index (χ1v) is 9.54. The van der Waals surface area contributed by atoms with Crippen LogP contribution in [0.15, 0.2) is 97.1 Å². The molecule has 0 amide bonds. The predicted octanol–water partition coefficient (Wildman–Crippen LogP) is 6.33. The Kier molecular flexibility index (Phi) is 3.94. The molecule has 0 aromatic heterocycles. The van der Waals surface area contributed by atoms with Crippen LogP contribution < -0.4 is 4.74 Å².